The van der Waals surface area contributed by atoms with Gasteiger partial charge in [-0.25, -0.2) is 0 Å². The van der Waals surface area contributed by atoms with Gasteiger partial charge in [0.2, 0.25) is 0 Å². The number of nitrogens with zero attached hydrogens (tertiary/aromatic N) is 2. The third-order valence-corrected chi connectivity index (χ3v) is 2.43. The van der Waals surface area contributed by atoms with Crippen LogP contribution in [0.25, 0.3) is 0 Å². The number of morpholine rings is 1. The van der Waals surface area contributed by atoms with Crippen molar-refractivity contribution in [2.75, 3.05) is 19.8 Å². The second-order valence-electron chi connectivity index (χ2n) is 3.73. The average Bonchev–Trinajstić information content (AvgIpc) is 2.66. The maximum atomic E-state index is 11.8. The summed E-state index contributed by atoms with van der Waals surface area (Å²) in [6.07, 6.45) is 2.23. The van der Waals surface area contributed by atoms with Gasteiger partial charge in [0, 0.05) is 32.3 Å². The molecule has 1 fully saturated rings. The Morgan fingerprint density at radius 2 is 2.67 bits per heavy atom. The topological polar surface area (TPSA) is 56.1 Å². The molecular formula is C10H15N3O2. The van der Waals surface area contributed by atoms with Crippen LogP contribution in [0.3, 0.4) is 0 Å². The Hall–Kier alpha value is -1.20. The number of hydrogen-bond donors (Lipinski definition) is 1. The van der Waals surface area contributed by atoms with E-state index >= 15 is 0 Å². The Morgan fingerprint density at radius 3 is 3.27 bits per heavy atom. The van der Waals surface area contributed by atoms with Gasteiger partial charge in [0.1, 0.15) is 5.69 Å². The lowest BCUT2D eigenvalue weighted by Crippen LogP contribution is -2.42. The van der Waals surface area contributed by atoms with Crippen LogP contribution in [0.15, 0.2) is 12.3 Å². The van der Waals surface area contributed by atoms with Crippen LogP contribution in [0, 0.1) is 0 Å². The molecule has 1 N–H and O–H groups in total. The molecule has 5 nitrogen and oxygen atoms in total. The Labute approximate surface area is 88.4 Å². The summed E-state index contributed by atoms with van der Waals surface area (Å²) >= 11 is 0. The lowest BCUT2D eigenvalue weighted by atomic mass is 10.1. The molecule has 0 aromatic carbocycles. The average molecular weight is 209 g/mol. The number of hydrogen-bond acceptors (Lipinski definition) is 4. The van der Waals surface area contributed by atoms with Crippen molar-refractivity contribution in [1.29, 1.82) is 0 Å². The molecule has 1 aromatic rings. The third kappa shape index (κ3) is 2.64. The predicted molar refractivity (Wildman–Crippen MR) is 54.8 cm³/mol. The summed E-state index contributed by atoms with van der Waals surface area (Å²) in [7, 11) is 1.80. The van der Waals surface area contributed by atoms with Crippen molar-refractivity contribution in [3.05, 3.63) is 18.0 Å². The van der Waals surface area contributed by atoms with E-state index < -0.39 is 0 Å². The van der Waals surface area contributed by atoms with Gasteiger partial charge in [-0.15, -0.1) is 0 Å². The molecule has 0 amide bonds. The molecule has 0 spiro atoms. The highest BCUT2D eigenvalue weighted by molar-refractivity contribution is 5.94. The van der Waals surface area contributed by atoms with Gasteiger partial charge in [-0.3, -0.25) is 9.48 Å². The van der Waals surface area contributed by atoms with Crippen molar-refractivity contribution in [2.45, 2.75) is 12.5 Å². The molecule has 2 heterocycles. The normalized spacial score (nSPS) is 21.5. The van der Waals surface area contributed by atoms with E-state index in [1.165, 1.54) is 0 Å². The predicted octanol–water partition coefficient (Wildman–Crippen LogP) is -0.0187. The van der Waals surface area contributed by atoms with Gasteiger partial charge < -0.3 is 10.1 Å². The fourth-order valence-corrected chi connectivity index (χ4v) is 1.64. The molecule has 1 unspecified atom stereocenters. The zero-order chi connectivity index (χ0) is 10.7. The van der Waals surface area contributed by atoms with E-state index in [0.29, 0.717) is 18.7 Å². The first-order chi connectivity index (χ1) is 7.25. The Bertz CT molecular complexity index is 342. The van der Waals surface area contributed by atoms with E-state index in [2.05, 4.69) is 10.4 Å². The Kier molecular flexibility index (Phi) is 3.13. The van der Waals surface area contributed by atoms with Gasteiger partial charge in [-0.1, -0.05) is 0 Å². The van der Waals surface area contributed by atoms with Gasteiger partial charge in [-0.2, -0.15) is 5.10 Å². The van der Waals surface area contributed by atoms with Crippen molar-refractivity contribution >= 4 is 5.78 Å². The highest BCUT2D eigenvalue weighted by Gasteiger charge is 2.18. The molecule has 0 saturated carbocycles. The minimum absolute atomic E-state index is 0.0681. The van der Waals surface area contributed by atoms with Crippen molar-refractivity contribution in [3.8, 4) is 0 Å². The summed E-state index contributed by atoms with van der Waals surface area (Å²) in [5.41, 5.74) is 0.532. The van der Waals surface area contributed by atoms with E-state index in [9.17, 15) is 4.79 Å². The second-order valence-corrected chi connectivity index (χ2v) is 3.73. The summed E-state index contributed by atoms with van der Waals surface area (Å²) in [4.78, 5) is 11.8. The van der Waals surface area contributed by atoms with Gasteiger partial charge >= 0.3 is 0 Å². The van der Waals surface area contributed by atoms with Crippen LogP contribution in [0.2, 0.25) is 0 Å². The summed E-state index contributed by atoms with van der Waals surface area (Å²) in [6.45, 7) is 2.16. The highest BCUT2D eigenvalue weighted by Crippen LogP contribution is 2.05. The largest absolute Gasteiger partial charge is 0.378 e. The van der Waals surface area contributed by atoms with E-state index in [0.717, 1.165) is 13.2 Å². The second kappa shape index (κ2) is 4.55. The van der Waals surface area contributed by atoms with Gasteiger partial charge in [0.05, 0.1) is 13.2 Å². The molecule has 0 radical (unpaired) electrons. The van der Waals surface area contributed by atoms with E-state index in [1.54, 1.807) is 24.0 Å². The van der Waals surface area contributed by atoms with E-state index in [4.69, 9.17) is 4.74 Å². The quantitative estimate of drug-likeness (QED) is 0.711. The zero-order valence-electron chi connectivity index (χ0n) is 8.77. The third-order valence-electron chi connectivity index (χ3n) is 2.43. The fraction of sp³-hybridized carbons (Fsp3) is 0.600. The standard InChI is InChI=1S/C10H15N3O2/c1-13-4-2-9(12-13)10(14)6-8-7-15-5-3-11-8/h2,4,8,11H,3,5-7H2,1H3. The number of rotatable bonds is 3. The van der Waals surface area contributed by atoms with Crippen molar-refractivity contribution in [3.63, 3.8) is 0 Å². The number of Topliss-reactive ketones (excluding diaryl/α,β-unsaturated/α-hetero) is 1. The van der Waals surface area contributed by atoms with Crippen LogP contribution in [0.5, 0.6) is 0 Å². The van der Waals surface area contributed by atoms with Crippen LogP contribution in [0.1, 0.15) is 16.9 Å². The fourth-order valence-electron chi connectivity index (χ4n) is 1.64. The maximum absolute atomic E-state index is 11.8. The monoisotopic (exact) mass is 209 g/mol. The smallest absolute Gasteiger partial charge is 0.184 e. The number of carbonyl (C=O) groups excluding carboxylic acids is 1. The minimum Gasteiger partial charge on any atom is -0.378 e. The summed E-state index contributed by atoms with van der Waals surface area (Å²) in [6, 6.07) is 1.87. The van der Waals surface area contributed by atoms with Crippen molar-refractivity contribution < 1.29 is 9.53 Å². The number of nitrogens with one attached hydrogen (secondary N) is 1. The molecule has 1 atom stereocenters. The van der Waals surface area contributed by atoms with Crippen LogP contribution in [-0.2, 0) is 11.8 Å². The molecule has 1 aliphatic heterocycles. The van der Waals surface area contributed by atoms with Gasteiger partial charge in [0.25, 0.3) is 0 Å². The molecule has 82 valence electrons. The first-order valence-corrected chi connectivity index (χ1v) is 5.09. The van der Waals surface area contributed by atoms with Gasteiger partial charge in [0.15, 0.2) is 5.78 Å². The summed E-state index contributed by atoms with van der Waals surface area (Å²) < 4.78 is 6.92. The molecule has 5 heteroatoms. The summed E-state index contributed by atoms with van der Waals surface area (Å²) in [5, 5.41) is 7.32. The SMILES string of the molecule is Cn1ccc(C(=O)CC2COCCN2)n1. The molecule has 0 aliphatic carbocycles. The van der Waals surface area contributed by atoms with Crippen molar-refractivity contribution in [1.82, 2.24) is 15.1 Å². The first-order valence-electron chi connectivity index (χ1n) is 5.09. The maximum Gasteiger partial charge on any atom is 0.184 e. The molecule has 1 aliphatic rings. The number of aromatic nitrogens is 2. The Morgan fingerprint density at radius 1 is 1.80 bits per heavy atom. The number of carbonyl (C=O) groups is 1. The zero-order valence-corrected chi connectivity index (χ0v) is 8.77. The lowest BCUT2D eigenvalue weighted by molar-refractivity contribution is 0.0674. The van der Waals surface area contributed by atoms with Gasteiger partial charge in [-0.05, 0) is 6.07 Å². The number of ketones is 1. The molecule has 15 heavy (non-hydrogen) atoms. The van der Waals surface area contributed by atoms with Crippen molar-refractivity contribution in [2.24, 2.45) is 7.05 Å². The van der Waals surface area contributed by atoms with Crippen LogP contribution in [0.4, 0.5) is 0 Å². The molecular weight excluding hydrogens is 194 g/mol. The first kappa shape index (κ1) is 10.3. The lowest BCUT2D eigenvalue weighted by Gasteiger charge is -2.22. The van der Waals surface area contributed by atoms with E-state index in [-0.39, 0.29) is 11.8 Å². The van der Waals surface area contributed by atoms with Crippen LogP contribution >= 0.6 is 0 Å². The molecule has 1 saturated heterocycles. The highest BCUT2D eigenvalue weighted by atomic mass is 16.5. The van der Waals surface area contributed by atoms with Crippen LogP contribution in [-0.4, -0.2) is 41.4 Å². The summed E-state index contributed by atoms with van der Waals surface area (Å²) in [5.74, 6) is 0.0681. The molecule has 2 rings (SSSR count). The van der Waals surface area contributed by atoms with Crippen LogP contribution < -0.4 is 5.32 Å². The Balaban J connectivity index is 1.91. The number of aryl methyl sites for hydroxylation is 1. The minimum atomic E-state index is 0.0681. The number of ether oxygens (including phenoxy) is 1. The molecule has 0 bridgehead atoms. The molecule has 1 aromatic heterocycles. The van der Waals surface area contributed by atoms with E-state index in [1.807, 2.05) is 0 Å².